The van der Waals surface area contributed by atoms with Crippen LogP contribution < -0.4 is 5.32 Å². The van der Waals surface area contributed by atoms with Crippen LogP contribution in [-0.4, -0.2) is 29.8 Å². The average molecular weight is 265 g/mol. The Morgan fingerprint density at radius 2 is 2.42 bits per heavy atom. The van der Waals surface area contributed by atoms with E-state index in [1.807, 2.05) is 0 Å². The molecule has 0 aromatic carbocycles. The molecular weight excluding hydrogens is 250 g/mol. The number of carbonyl (C=O) groups excluding carboxylic acids is 1. The Morgan fingerprint density at radius 3 is 3.11 bits per heavy atom. The molecule has 0 aliphatic heterocycles. The average Bonchev–Trinajstić information content (AvgIpc) is 3.07. The summed E-state index contributed by atoms with van der Waals surface area (Å²) in [6.45, 7) is 2.29. The SMILES string of the molecule is COCCc1noc([C@H](C)NC(=O)c2ccoc2)n1. The number of ether oxygens (including phenoxy) is 1. The second kappa shape index (κ2) is 6.14. The largest absolute Gasteiger partial charge is 0.472 e. The van der Waals surface area contributed by atoms with Gasteiger partial charge in [0.15, 0.2) is 5.82 Å². The minimum Gasteiger partial charge on any atom is -0.472 e. The van der Waals surface area contributed by atoms with E-state index in [9.17, 15) is 4.79 Å². The molecule has 0 fully saturated rings. The zero-order valence-corrected chi connectivity index (χ0v) is 10.8. The second-order valence-corrected chi connectivity index (χ2v) is 4.00. The van der Waals surface area contributed by atoms with Crippen molar-refractivity contribution in [1.29, 1.82) is 0 Å². The highest BCUT2D eigenvalue weighted by molar-refractivity contribution is 5.93. The van der Waals surface area contributed by atoms with Gasteiger partial charge in [0.2, 0.25) is 5.89 Å². The standard InChI is InChI=1S/C12H15N3O4/c1-8(13-11(16)9-3-6-18-7-9)12-14-10(15-19-12)4-5-17-2/h3,6-8H,4-5H2,1-2H3,(H,13,16)/t8-/m0/s1. The molecule has 1 N–H and O–H groups in total. The fourth-order valence-electron chi connectivity index (χ4n) is 1.47. The van der Waals surface area contributed by atoms with Crippen LogP contribution in [0.4, 0.5) is 0 Å². The van der Waals surface area contributed by atoms with E-state index < -0.39 is 0 Å². The van der Waals surface area contributed by atoms with Gasteiger partial charge in [0, 0.05) is 13.5 Å². The summed E-state index contributed by atoms with van der Waals surface area (Å²) in [4.78, 5) is 16.0. The van der Waals surface area contributed by atoms with Gasteiger partial charge in [-0.2, -0.15) is 4.98 Å². The van der Waals surface area contributed by atoms with Crippen LogP contribution in [0, 0.1) is 0 Å². The van der Waals surface area contributed by atoms with Crippen LogP contribution in [0.15, 0.2) is 27.5 Å². The summed E-state index contributed by atoms with van der Waals surface area (Å²) < 4.78 is 14.9. The second-order valence-electron chi connectivity index (χ2n) is 4.00. The molecule has 0 spiro atoms. The smallest absolute Gasteiger partial charge is 0.255 e. The van der Waals surface area contributed by atoms with Gasteiger partial charge in [0.1, 0.15) is 12.3 Å². The summed E-state index contributed by atoms with van der Waals surface area (Å²) in [6, 6.07) is 1.21. The highest BCUT2D eigenvalue weighted by Crippen LogP contribution is 2.11. The van der Waals surface area contributed by atoms with Crippen molar-refractivity contribution in [3.05, 3.63) is 35.9 Å². The van der Waals surface area contributed by atoms with Crippen molar-refractivity contribution in [2.75, 3.05) is 13.7 Å². The Labute approximate surface area is 109 Å². The Morgan fingerprint density at radius 1 is 1.58 bits per heavy atom. The van der Waals surface area contributed by atoms with Gasteiger partial charge in [0.05, 0.1) is 18.4 Å². The van der Waals surface area contributed by atoms with Gasteiger partial charge in [-0.05, 0) is 13.0 Å². The number of aromatic nitrogens is 2. The van der Waals surface area contributed by atoms with Gasteiger partial charge in [-0.25, -0.2) is 0 Å². The van der Waals surface area contributed by atoms with Crippen molar-refractivity contribution in [3.8, 4) is 0 Å². The fourth-order valence-corrected chi connectivity index (χ4v) is 1.47. The number of nitrogens with one attached hydrogen (secondary N) is 1. The minimum atomic E-state index is -0.369. The molecule has 19 heavy (non-hydrogen) atoms. The van der Waals surface area contributed by atoms with Crippen LogP contribution in [-0.2, 0) is 11.2 Å². The third-order valence-electron chi connectivity index (χ3n) is 2.51. The number of methoxy groups -OCH3 is 1. The van der Waals surface area contributed by atoms with Crippen LogP contribution in [0.3, 0.4) is 0 Å². The zero-order valence-electron chi connectivity index (χ0n) is 10.8. The van der Waals surface area contributed by atoms with Crippen molar-refractivity contribution in [2.24, 2.45) is 0 Å². The van der Waals surface area contributed by atoms with Gasteiger partial charge in [0.25, 0.3) is 5.91 Å². The first kappa shape index (κ1) is 13.3. The van der Waals surface area contributed by atoms with E-state index in [-0.39, 0.29) is 11.9 Å². The fraction of sp³-hybridized carbons (Fsp3) is 0.417. The van der Waals surface area contributed by atoms with E-state index >= 15 is 0 Å². The van der Waals surface area contributed by atoms with Crippen LogP contribution in [0.25, 0.3) is 0 Å². The first-order valence-electron chi connectivity index (χ1n) is 5.85. The lowest BCUT2D eigenvalue weighted by Gasteiger charge is -2.07. The van der Waals surface area contributed by atoms with Gasteiger partial charge >= 0.3 is 0 Å². The summed E-state index contributed by atoms with van der Waals surface area (Å²) in [5.41, 5.74) is 0.450. The maximum absolute atomic E-state index is 11.8. The molecule has 7 heteroatoms. The molecule has 2 heterocycles. The van der Waals surface area contributed by atoms with Crippen LogP contribution >= 0.6 is 0 Å². The predicted octanol–water partition coefficient (Wildman–Crippen LogP) is 1.34. The quantitative estimate of drug-likeness (QED) is 0.847. The van der Waals surface area contributed by atoms with E-state index in [2.05, 4.69) is 15.5 Å². The molecule has 0 aliphatic rings. The Kier molecular flexibility index (Phi) is 4.30. The van der Waals surface area contributed by atoms with Crippen LogP contribution in [0.2, 0.25) is 0 Å². The molecule has 0 saturated carbocycles. The first-order valence-corrected chi connectivity index (χ1v) is 5.85. The number of amides is 1. The predicted molar refractivity (Wildman–Crippen MR) is 64.5 cm³/mol. The Balaban J connectivity index is 1.94. The lowest BCUT2D eigenvalue weighted by atomic mass is 10.2. The first-order chi connectivity index (χ1) is 9.20. The van der Waals surface area contributed by atoms with Crippen molar-refractivity contribution < 1.29 is 18.5 Å². The third kappa shape index (κ3) is 3.41. The molecule has 7 nitrogen and oxygen atoms in total. The number of nitrogens with zero attached hydrogens (tertiary/aromatic N) is 2. The lowest BCUT2D eigenvalue weighted by Crippen LogP contribution is -2.26. The topological polar surface area (TPSA) is 90.4 Å². The molecule has 2 rings (SSSR count). The molecule has 0 aliphatic carbocycles. The third-order valence-corrected chi connectivity index (χ3v) is 2.51. The van der Waals surface area contributed by atoms with Crippen molar-refractivity contribution >= 4 is 5.91 Å². The van der Waals surface area contributed by atoms with E-state index in [0.29, 0.717) is 30.3 Å². The van der Waals surface area contributed by atoms with Crippen LogP contribution in [0.5, 0.6) is 0 Å². The van der Waals surface area contributed by atoms with Crippen molar-refractivity contribution in [2.45, 2.75) is 19.4 Å². The summed E-state index contributed by atoms with van der Waals surface area (Å²) in [7, 11) is 1.61. The number of hydrogen-bond acceptors (Lipinski definition) is 6. The summed E-state index contributed by atoms with van der Waals surface area (Å²) in [6.07, 6.45) is 3.39. The molecule has 2 aromatic rings. The normalized spacial score (nSPS) is 12.3. The monoisotopic (exact) mass is 265 g/mol. The molecule has 1 atom stereocenters. The molecule has 0 unspecified atom stereocenters. The van der Waals surface area contributed by atoms with Crippen molar-refractivity contribution in [3.63, 3.8) is 0 Å². The van der Waals surface area contributed by atoms with Gasteiger partial charge < -0.3 is 19.0 Å². The highest BCUT2D eigenvalue weighted by atomic mass is 16.5. The van der Waals surface area contributed by atoms with Gasteiger partial charge in [-0.15, -0.1) is 0 Å². The van der Waals surface area contributed by atoms with E-state index in [0.717, 1.165) is 0 Å². The summed E-state index contributed by atoms with van der Waals surface area (Å²) >= 11 is 0. The van der Waals surface area contributed by atoms with E-state index in [1.54, 1.807) is 20.1 Å². The molecule has 102 valence electrons. The van der Waals surface area contributed by atoms with Gasteiger partial charge in [-0.1, -0.05) is 5.16 Å². The summed E-state index contributed by atoms with van der Waals surface area (Å²) in [5.74, 6) is 0.669. The minimum absolute atomic E-state index is 0.252. The number of hydrogen-bond donors (Lipinski definition) is 1. The summed E-state index contributed by atoms with van der Waals surface area (Å²) in [5, 5.41) is 6.55. The molecule has 2 aromatic heterocycles. The maximum Gasteiger partial charge on any atom is 0.255 e. The highest BCUT2D eigenvalue weighted by Gasteiger charge is 2.17. The zero-order chi connectivity index (χ0) is 13.7. The van der Waals surface area contributed by atoms with E-state index in [4.69, 9.17) is 13.7 Å². The van der Waals surface area contributed by atoms with Crippen molar-refractivity contribution in [1.82, 2.24) is 15.5 Å². The molecule has 0 saturated heterocycles. The molecule has 1 amide bonds. The maximum atomic E-state index is 11.8. The number of carbonyl (C=O) groups is 1. The van der Waals surface area contributed by atoms with Gasteiger partial charge in [-0.3, -0.25) is 4.79 Å². The molecular formula is C12H15N3O4. The van der Waals surface area contributed by atoms with E-state index in [1.165, 1.54) is 12.5 Å². The Hall–Kier alpha value is -2.15. The Bertz CT molecular complexity index is 521. The number of rotatable bonds is 6. The molecule has 0 radical (unpaired) electrons. The van der Waals surface area contributed by atoms with Crippen LogP contribution in [0.1, 0.15) is 35.0 Å². The molecule has 0 bridgehead atoms. The number of furan rings is 1. The lowest BCUT2D eigenvalue weighted by molar-refractivity contribution is 0.0932.